The SMILES string of the molecule is CCCCn1c(SCC(=O)NC(C)c2ccc(F)cc2)nc2cc(S(=O)(=O)N(C)C)ccc21. The summed E-state index contributed by atoms with van der Waals surface area (Å²) in [5.41, 5.74) is 2.24. The third-order valence-corrected chi connectivity index (χ3v) is 8.07. The van der Waals surface area contributed by atoms with Crippen molar-refractivity contribution in [2.75, 3.05) is 19.8 Å². The molecule has 0 aliphatic heterocycles. The van der Waals surface area contributed by atoms with E-state index in [1.54, 1.807) is 30.3 Å². The zero-order chi connectivity index (χ0) is 24.2. The standard InChI is InChI=1S/C23H29FN4O3S2/c1-5-6-13-28-21-12-11-19(33(30,31)27(3)4)14-20(21)26-23(28)32-15-22(29)25-16(2)17-7-9-18(24)10-8-17/h7-12,14,16H,5-6,13,15H2,1-4H3,(H,25,29). The molecule has 1 amide bonds. The van der Waals surface area contributed by atoms with Gasteiger partial charge < -0.3 is 9.88 Å². The number of halogens is 1. The normalized spacial score (nSPS) is 12.9. The second-order valence-corrected chi connectivity index (χ2v) is 11.1. The molecule has 0 radical (unpaired) electrons. The van der Waals surface area contributed by atoms with Crippen molar-refractivity contribution in [2.24, 2.45) is 0 Å². The molecule has 1 heterocycles. The van der Waals surface area contributed by atoms with Gasteiger partial charge in [-0.05, 0) is 49.2 Å². The van der Waals surface area contributed by atoms with E-state index in [2.05, 4.69) is 17.2 Å². The summed E-state index contributed by atoms with van der Waals surface area (Å²) in [7, 11) is -0.583. The Bertz CT molecular complexity index is 1220. The number of fused-ring (bicyclic) bond motifs is 1. The maximum atomic E-state index is 13.1. The third-order valence-electron chi connectivity index (χ3n) is 5.28. The van der Waals surface area contributed by atoms with Gasteiger partial charge in [-0.3, -0.25) is 4.79 Å². The molecule has 3 aromatic rings. The molecule has 0 aliphatic carbocycles. The molecule has 1 N–H and O–H groups in total. The first kappa shape index (κ1) is 25.2. The van der Waals surface area contributed by atoms with E-state index < -0.39 is 10.0 Å². The van der Waals surface area contributed by atoms with E-state index in [4.69, 9.17) is 0 Å². The van der Waals surface area contributed by atoms with Crippen molar-refractivity contribution in [3.05, 3.63) is 53.8 Å². The Morgan fingerprint density at radius 2 is 1.91 bits per heavy atom. The van der Waals surface area contributed by atoms with Gasteiger partial charge in [0.25, 0.3) is 0 Å². The molecule has 0 fully saturated rings. The predicted molar refractivity (Wildman–Crippen MR) is 129 cm³/mol. The fraction of sp³-hybridized carbons (Fsp3) is 0.391. The molecule has 7 nitrogen and oxygen atoms in total. The molecular weight excluding hydrogens is 463 g/mol. The lowest BCUT2D eigenvalue weighted by Gasteiger charge is -2.14. The van der Waals surface area contributed by atoms with Gasteiger partial charge in [0.1, 0.15) is 5.82 Å². The number of imidazole rings is 1. The van der Waals surface area contributed by atoms with Gasteiger partial charge in [-0.2, -0.15) is 0 Å². The summed E-state index contributed by atoms with van der Waals surface area (Å²) in [6, 6.07) is 10.7. The number of hydrogen-bond donors (Lipinski definition) is 1. The topological polar surface area (TPSA) is 84.3 Å². The van der Waals surface area contributed by atoms with Gasteiger partial charge >= 0.3 is 0 Å². The Labute approximate surface area is 198 Å². The molecule has 0 saturated heterocycles. The molecule has 1 atom stereocenters. The number of carbonyl (C=O) groups excluding carboxylic acids is 1. The lowest BCUT2D eigenvalue weighted by Crippen LogP contribution is -2.28. The van der Waals surface area contributed by atoms with E-state index in [9.17, 15) is 17.6 Å². The van der Waals surface area contributed by atoms with E-state index in [0.29, 0.717) is 10.7 Å². The maximum Gasteiger partial charge on any atom is 0.242 e. The summed E-state index contributed by atoms with van der Waals surface area (Å²) < 4.78 is 41.3. The van der Waals surface area contributed by atoms with Crippen LogP contribution in [0.2, 0.25) is 0 Å². The summed E-state index contributed by atoms with van der Waals surface area (Å²) in [5.74, 6) is -0.328. The molecule has 3 rings (SSSR count). The number of nitrogens with zero attached hydrogens (tertiary/aromatic N) is 3. The number of nitrogens with one attached hydrogen (secondary N) is 1. The largest absolute Gasteiger partial charge is 0.349 e. The van der Waals surface area contributed by atoms with Crippen LogP contribution in [0.3, 0.4) is 0 Å². The van der Waals surface area contributed by atoms with E-state index in [0.717, 1.165) is 30.5 Å². The van der Waals surface area contributed by atoms with Gasteiger partial charge in [0.2, 0.25) is 15.9 Å². The Morgan fingerprint density at radius 3 is 2.55 bits per heavy atom. The van der Waals surface area contributed by atoms with E-state index >= 15 is 0 Å². The lowest BCUT2D eigenvalue weighted by atomic mass is 10.1. The van der Waals surface area contributed by atoms with Crippen molar-refractivity contribution in [3.8, 4) is 0 Å². The number of thioether (sulfide) groups is 1. The number of aromatic nitrogens is 2. The van der Waals surface area contributed by atoms with Gasteiger partial charge in [-0.1, -0.05) is 37.2 Å². The summed E-state index contributed by atoms with van der Waals surface area (Å²) in [6.45, 7) is 4.67. The zero-order valence-corrected chi connectivity index (χ0v) is 20.8. The number of rotatable bonds is 10. The van der Waals surface area contributed by atoms with Gasteiger partial charge in [-0.15, -0.1) is 0 Å². The number of unbranched alkanes of at least 4 members (excludes halogenated alkanes) is 1. The summed E-state index contributed by atoms with van der Waals surface area (Å²) in [6.07, 6.45) is 1.93. The molecular formula is C23H29FN4O3S2. The average molecular weight is 493 g/mol. The third kappa shape index (κ3) is 5.93. The molecule has 0 spiro atoms. The summed E-state index contributed by atoms with van der Waals surface area (Å²) in [4.78, 5) is 17.4. The number of benzene rings is 2. The van der Waals surface area contributed by atoms with Crippen LogP contribution in [0, 0.1) is 5.82 Å². The lowest BCUT2D eigenvalue weighted by molar-refractivity contribution is -0.119. The maximum absolute atomic E-state index is 13.1. The highest BCUT2D eigenvalue weighted by Gasteiger charge is 2.20. The summed E-state index contributed by atoms with van der Waals surface area (Å²) >= 11 is 1.31. The first-order chi connectivity index (χ1) is 15.6. The molecule has 178 valence electrons. The second-order valence-electron chi connectivity index (χ2n) is 7.97. The molecule has 10 heteroatoms. The second kappa shape index (κ2) is 10.7. The first-order valence-electron chi connectivity index (χ1n) is 10.7. The molecule has 1 unspecified atom stereocenters. The summed E-state index contributed by atoms with van der Waals surface area (Å²) in [5, 5.41) is 3.59. The highest BCUT2D eigenvalue weighted by Crippen LogP contribution is 2.27. The van der Waals surface area contributed by atoms with Gasteiger partial charge in [0, 0.05) is 20.6 Å². The van der Waals surface area contributed by atoms with Crippen LogP contribution in [0.5, 0.6) is 0 Å². The van der Waals surface area contributed by atoms with Crippen LogP contribution in [0.4, 0.5) is 4.39 Å². The molecule has 2 aromatic carbocycles. The van der Waals surface area contributed by atoms with Crippen molar-refractivity contribution in [1.82, 2.24) is 19.2 Å². The predicted octanol–water partition coefficient (Wildman–Crippen LogP) is 4.20. The molecule has 0 aliphatic rings. The fourth-order valence-electron chi connectivity index (χ4n) is 3.35. The van der Waals surface area contributed by atoms with Crippen LogP contribution >= 0.6 is 11.8 Å². The number of carbonyl (C=O) groups is 1. The Hall–Kier alpha value is -2.43. The Balaban J connectivity index is 1.79. The van der Waals surface area contributed by atoms with Crippen LogP contribution in [0.1, 0.15) is 38.3 Å². The van der Waals surface area contributed by atoms with E-state index in [1.807, 2.05) is 11.5 Å². The zero-order valence-electron chi connectivity index (χ0n) is 19.2. The van der Waals surface area contributed by atoms with Crippen LogP contribution in [-0.4, -0.2) is 48.0 Å². The molecule has 0 bridgehead atoms. The minimum atomic E-state index is -3.57. The first-order valence-corrected chi connectivity index (χ1v) is 13.2. The van der Waals surface area contributed by atoms with Crippen molar-refractivity contribution in [2.45, 2.75) is 49.3 Å². The van der Waals surface area contributed by atoms with Crippen molar-refractivity contribution < 1.29 is 17.6 Å². The van der Waals surface area contributed by atoms with Gasteiger partial charge in [0.05, 0.1) is 27.7 Å². The minimum Gasteiger partial charge on any atom is -0.349 e. The highest BCUT2D eigenvalue weighted by atomic mass is 32.2. The molecule has 1 aromatic heterocycles. The Morgan fingerprint density at radius 1 is 1.21 bits per heavy atom. The minimum absolute atomic E-state index is 0.157. The van der Waals surface area contributed by atoms with Crippen molar-refractivity contribution in [3.63, 3.8) is 0 Å². The van der Waals surface area contributed by atoms with Gasteiger partial charge in [0.15, 0.2) is 5.16 Å². The van der Waals surface area contributed by atoms with Crippen LogP contribution in [0.15, 0.2) is 52.5 Å². The molecule has 33 heavy (non-hydrogen) atoms. The quantitative estimate of drug-likeness (QED) is 0.429. The number of aryl methyl sites for hydroxylation is 1. The monoisotopic (exact) mass is 492 g/mol. The van der Waals surface area contributed by atoms with E-state index in [-0.39, 0.29) is 28.4 Å². The van der Waals surface area contributed by atoms with Crippen molar-refractivity contribution >= 4 is 38.7 Å². The van der Waals surface area contributed by atoms with Crippen LogP contribution in [0.25, 0.3) is 11.0 Å². The Kier molecular flexibility index (Phi) is 8.14. The number of sulfonamides is 1. The number of amides is 1. The van der Waals surface area contributed by atoms with Crippen LogP contribution < -0.4 is 5.32 Å². The van der Waals surface area contributed by atoms with E-state index in [1.165, 1.54) is 42.3 Å². The fourth-order valence-corrected chi connectivity index (χ4v) is 5.12. The van der Waals surface area contributed by atoms with Gasteiger partial charge in [-0.25, -0.2) is 22.1 Å². The smallest absolute Gasteiger partial charge is 0.242 e. The average Bonchev–Trinajstić information content (AvgIpc) is 3.13. The van der Waals surface area contributed by atoms with Crippen LogP contribution in [-0.2, 0) is 21.4 Å². The van der Waals surface area contributed by atoms with Crippen molar-refractivity contribution in [1.29, 1.82) is 0 Å². The highest BCUT2D eigenvalue weighted by molar-refractivity contribution is 7.99. The molecule has 0 saturated carbocycles. The number of hydrogen-bond acceptors (Lipinski definition) is 5.